The lowest BCUT2D eigenvalue weighted by atomic mass is 10.0. The number of rotatable bonds is 3. The van der Waals surface area contributed by atoms with Gasteiger partial charge >= 0.3 is 0 Å². The molecule has 0 aliphatic heterocycles. The third kappa shape index (κ3) is 2.31. The van der Waals surface area contributed by atoms with Crippen molar-refractivity contribution < 1.29 is 14.9 Å². The average Bonchev–Trinajstić information content (AvgIpc) is 2.55. The van der Waals surface area contributed by atoms with Crippen molar-refractivity contribution in [3.63, 3.8) is 0 Å². The number of methoxy groups -OCH3 is 1. The molecule has 0 bridgehead atoms. The maximum Gasteiger partial charge on any atom is 0.145 e. The molecule has 0 saturated heterocycles. The van der Waals surface area contributed by atoms with Crippen LogP contribution in [0.2, 0.25) is 0 Å². The van der Waals surface area contributed by atoms with Crippen molar-refractivity contribution in [1.29, 1.82) is 0 Å². The summed E-state index contributed by atoms with van der Waals surface area (Å²) in [4.78, 5) is 12.4. The summed E-state index contributed by atoms with van der Waals surface area (Å²) in [6.07, 6.45) is 5.98. The zero-order valence-corrected chi connectivity index (χ0v) is 11.8. The zero-order valence-electron chi connectivity index (χ0n) is 11.8. The first-order valence-corrected chi connectivity index (χ1v) is 6.53. The number of hydrogen-bond donors (Lipinski definition) is 2. The molecule has 22 heavy (non-hydrogen) atoms. The van der Waals surface area contributed by atoms with Crippen molar-refractivity contribution in [3.05, 3.63) is 49.1 Å². The van der Waals surface area contributed by atoms with Crippen molar-refractivity contribution in [2.75, 3.05) is 7.11 Å². The highest BCUT2D eigenvalue weighted by Gasteiger charge is 2.20. The highest BCUT2D eigenvalue weighted by Crippen LogP contribution is 2.41. The predicted molar refractivity (Wildman–Crippen MR) is 80.6 cm³/mol. The maximum atomic E-state index is 10.2. The van der Waals surface area contributed by atoms with Gasteiger partial charge in [0.05, 0.1) is 18.9 Å². The van der Waals surface area contributed by atoms with Gasteiger partial charge in [0.1, 0.15) is 28.6 Å². The number of aromatic hydroxyl groups is 2. The van der Waals surface area contributed by atoms with Gasteiger partial charge in [-0.05, 0) is 24.3 Å². The van der Waals surface area contributed by atoms with E-state index in [9.17, 15) is 10.2 Å². The minimum absolute atomic E-state index is 0.00829. The molecule has 0 fully saturated rings. The Morgan fingerprint density at radius 1 is 0.909 bits per heavy atom. The van der Waals surface area contributed by atoms with E-state index in [1.54, 1.807) is 30.6 Å². The van der Waals surface area contributed by atoms with Gasteiger partial charge in [-0.15, -0.1) is 0 Å². The lowest BCUT2D eigenvalue weighted by Gasteiger charge is -2.13. The topological polar surface area (TPSA) is 88.4 Å². The van der Waals surface area contributed by atoms with Crippen LogP contribution < -0.4 is 4.74 Å². The number of nitrogens with zero attached hydrogens (tertiary/aromatic N) is 3. The van der Waals surface area contributed by atoms with Crippen LogP contribution in [-0.4, -0.2) is 32.3 Å². The Morgan fingerprint density at radius 3 is 2.36 bits per heavy atom. The highest BCUT2D eigenvalue weighted by molar-refractivity contribution is 5.87. The van der Waals surface area contributed by atoms with Crippen molar-refractivity contribution >= 4 is 0 Å². The molecule has 0 amide bonds. The van der Waals surface area contributed by atoms with E-state index in [0.717, 1.165) is 0 Å². The van der Waals surface area contributed by atoms with E-state index in [4.69, 9.17) is 4.74 Å². The van der Waals surface area contributed by atoms with Crippen molar-refractivity contribution in [1.82, 2.24) is 15.0 Å². The molecule has 110 valence electrons. The van der Waals surface area contributed by atoms with Gasteiger partial charge in [-0.25, -0.2) is 0 Å². The Balaban J connectivity index is 2.31. The summed E-state index contributed by atoms with van der Waals surface area (Å²) in [5, 5.41) is 20.3. The second kappa shape index (κ2) is 5.69. The largest absolute Gasteiger partial charge is 0.506 e. The fourth-order valence-electron chi connectivity index (χ4n) is 2.23. The Hall–Kier alpha value is -3.15. The van der Waals surface area contributed by atoms with E-state index in [1.165, 1.54) is 25.6 Å². The Bertz CT molecular complexity index is 821. The molecule has 0 spiro atoms. The normalized spacial score (nSPS) is 10.4. The van der Waals surface area contributed by atoms with Crippen LogP contribution in [0.4, 0.5) is 0 Å². The molecule has 0 radical (unpaired) electrons. The Morgan fingerprint density at radius 2 is 1.64 bits per heavy atom. The molecule has 0 saturated carbocycles. The molecule has 0 unspecified atom stereocenters. The number of pyridine rings is 3. The van der Waals surface area contributed by atoms with Crippen LogP contribution in [0.5, 0.6) is 17.2 Å². The molecule has 0 aliphatic carbocycles. The summed E-state index contributed by atoms with van der Waals surface area (Å²) < 4.78 is 5.30. The molecular weight excluding hydrogens is 282 g/mol. The molecule has 6 heteroatoms. The van der Waals surface area contributed by atoms with Crippen LogP contribution in [0.15, 0.2) is 49.1 Å². The summed E-state index contributed by atoms with van der Waals surface area (Å²) in [5.74, 6) is 0.422. The quantitative estimate of drug-likeness (QED) is 0.772. The van der Waals surface area contributed by atoms with E-state index in [1.807, 2.05) is 0 Å². The summed E-state index contributed by atoms with van der Waals surface area (Å²) in [6.45, 7) is 0. The fourth-order valence-corrected chi connectivity index (χ4v) is 2.23. The van der Waals surface area contributed by atoms with E-state index in [2.05, 4.69) is 15.0 Å². The first-order chi connectivity index (χ1) is 10.7. The van der Waals surface area contributed by atoms with Gasteiger partial charge in [-0.1, -0.05) is 0 Å². The molecule has 6 nitrogen and oxygen atoms in total. The highest BCUT2D eigenvalue weighted by atomic mass is 16.5. The SMILES string of the molecule is COc1cccnc1-c1c(O)cncc1-c1ncccc1O. The van der Waals surface area contributed by atoms with Crippen molar-refractivity contribution in [2.45, 2.75) is 0 Å². The van der Waals surface area contributed by atoms with Gasteiger partial charge in [0.15, 0.2) is 0 Å². The van der Waals surface area contributed by atoms with Gasteiger partial charge in [0, 0.05) is 24.2 Å². The van der Waals surface area contributed by atoms with E-state index >= 15 is 0 Å². The monoisotopic (exact) mass is 295 g/mol. The number of hydrogen-bond acceptors (Lipinski definition) is 6. The van der Waals surface area contributed by atoms with Crippen LogP contribution >= 0.6 is 0 Å². The van der Waals surface area contributed by atoms with Crippen LogP contribution in [0.1, 0.15) is 0 Å². The average molecular weight is 295 g/mol. The second-order valence-electron chi connectivity index (χ2n) is 4.51. The predicted octanol–water partition coefficient (Wildman–Crippen LogP) is 2.63. The third-order valence-electron chi connectivity index (χ3n) is 3.19. The van der Waals surface area contributed by atoms with Gasteiger partial charge < -0.3 is 14.9 Å². The van der Waals surface area contributed by atoms with Crippen LogP contribution in [0.3, 0.4) is 0 Å². The third-order valence-corrected chi connectivity index (χ3v) is 3.19. The van der Waals surface area contributed by atoms with Crippen LogP contribution in [-0.2, 0) is 0 Å². The van der Waals surface area contributed by atoms with Gasteiger partial charge in [-0.3, -0.25) is 15.0 Å². The summed E-state index contributed by atoms with van der Waals surface area (Å²) in [5.41, 5.74) is 1.63. The van der Waals surface area contributed by atoms with Crippen molar-refractivity contribution in [3.8, 4) is 39.8 Å². The lowest BCUT2D eigenvalue weighted by molar-refractivity contribution is 0.414. The van der Waals surface area contributed by atoms with Gasteiger partial charge in [0.2, 0.25) is 0 Å². The first-order valence-electron chi connectivity index (χ1n) is 6.53. The van der Waals surface area contributed by atoms with E-state index < -0.39 is 0 Å². The van der Waals surface area contributed by atoms with Crippen LogP contribution in [0, 0.1) is 0 Å². The van der Waals surface area contributed by atoms with E-state index in [0.29, 0.717) is 28.3 Å². The molecular formula is C16H13N3O3. The second-order valence-corrected chi connectivity index (χ2v) is 4.51. The first kappa shape index (κ1) is 13.8. The molecule has 3 aromatic rings. The molecule has 3 aromatic heterocycles. The summed E-state index contributed by atoms with van der Waals surface area (Å²) >= 11 is 0. The molecule has 3 rings (SSSR count). The maximum absolute atomic E-state index is 10.2. The minimum Gasteiger partial charge on any atom is -0.506 e. The molecule has 2 N–H and O–H groups in total. The smallest absolute Gasteiger partial charge is 0.145 e. The van der Waals surface area contributed by atoms with Gasteiger partial charge in [-0.2, -0.15) is 0 Å². The lowest BCUT2D eigenvalue weighted by Crippen LogP contribution is -1.95. The summed E-state index contributed by atoms with van der Waals surface area (Å²) in [7, 11) is 1.52. The summed E-state index contributed by atoms with van der Waals surface area (Å²) in [6, 6.07) is 6.62. The Kier molecular flexibility index (Phi) is 3.57. The molecule has 0 aromatic carbocycles. The molecule has 0 atom stereocenters. The molecule has 3 heterocycles. The number of aromatic nitrogens is 3. The zero-order chi connectivity index (χ0) is 15.5. The minimum atomic E-state index is -0.0699. The standard InChI is InChI=1S/C16H13N3O3/c1-22-13-5-3-7-19-16(13)14-10(8-17-9-12(14)21)15-11(20)4-2-6-18-15/h2-9,20-21H,1H3. The number of ether oxygens (including phenoxy) is 1. The van der Waals surface area contributed by atoms with Crippen molar-refractivity contribution in [2.24, 2.45) is 0 Å². The molecule has 0 aliphatic rings. The van der Waals surface area contributed by atoms with Gasteiger partial charge in [0.25, 0.3) is 0 Å². The Labute approximate surface area is 126 Å². The van der Waals surface area contributed by atoms with Crippen LogP contribution in [0.25, 0.3) is 22.5 Å². The fraction of sp³-hybridized carbons (Fsp3) is 0.0625. The van der Waals surface area contributed by atoms with E-state index in [-0.39, 0.29) is 11.5 Å².